The van der Waals surface area contributed by atoms with Gasteiger partial charge in [0, 0.05) is 4.90 Å². The maximum Gasteiger partial charge on any atom is 0.230 e. The summed E-state index contributed by atoms with van der Waals surface area (Å²) in [5.41, 5.74) is 0.861. The van der Waals surface area contributed by atoms with E-state index in [9.17, 15) is 14.3 Å². The van der Waals surface area contributed by atoms with Crippen LogP contribution in [-0.2, 0) is 4.79 Å². The van der Waals surface area contributed by atoms with Crippen molar-refractivity contribution in [2.75, 3.05) is 12.4 Å². The Labute approximate surface area is 127 Å². The van der Waals surface area contributed by atoms with Crippen LogP contribution in [-0.4, -0.2) is 23.4 Å². The molecule has 5 heteroatoms. The van der Waals surface area contributed by atoms with E-state index in [1.165, 1.54) is 23.9 Å². The van der Waals surface area contributed by atoms with Crippen LogP contribution >= 0.6 is 11.8 Å². The van der Waals surface area contributed by atoms with Crippen molar-refractivity contribution in [1.82, 2.24) is 5.32 Å². The van der Waals surface area contributed by atoms with Crippen LogP contribution in [0.3, 0.4) is 0 Å². The van der Waals surface area contributed by atoms with Crippen LogP contribution in [0.1, 0.15) is 11.6 Å². The van der Waals surface area contributed by atoms with Crippen molar-refractivity contribution in [3.63, 3.8) is 0 Å². The highest BCUT2D eigenvalue weighted by molar-refractivity contribution is 8.00. The van der Waals surface area contributed by atoms with E-state index in [-0.39, 0.29) is 24.1 Å². The Morgan fingerprint density at radius 3 is 2.43 bits per heavy atom. The van der Waals surface area contributed by atoms with E-state index in [2.05, 4.69) is 5.32 Å². The van der Waals surface area contributed by atoms with Gasteiger partial charge in [-0.05, 0) is 29.8 Å². The lowest BCUT2D eigenvalue weighted by atomic mass is 10.1. The molecule has 0 bridgehead atoms. The van der Waals surface area contributed by atoms with Crippen LogP contribution in [0.25, 0.3) is 0 Å². The number of hydrogen-bond acceptors (Lipinski definition) is 3. The van der Waals surface area contributed by atoms with E-state index in [4.69, 9.17) is 0 Å². The van der Waals surface area contributed by atoms with Crippen LogP contribution in [0.2, 0.25) is 0 Å². The minimum Gasteiger partial charge on any atom is -0.394 e. The molecule has 0 aliphatic heterocycles. The Morgan fingerprint density at radius 2 is 1.81 bits per heavy atom. The minimum atomic E-state index is -0.410. The zero-order chi connectivity index (χ0) is 15.1. The first-order valence-corrected chi connectivity index (χ1v) is 7.51. The third kappa shape index (κ3) is 4.88. The molecule has 3 nitrogen and oxygen atoms in total. The first-order valence-electron chi connectivity index (χ1n) is 6.52. The molecule has 0 aromatic heterocycles. The van der Waals surface area contributed by atoms with Gasteiger partial charge in [0.15, 0.2) is 0 Å². The Morgan fingerprint density at radius 1 is 1.14 bits per heavy atom. The average molecular weight is 305 g/mol. The number of aliphatic hydroxyl groups is 1. The van der Waals surface area contributed by atoms with Crippen molar-refractivity contribution in [3.8, 4) is 0 Å². The first kappa shape index (κ1) is 15.5. The van der Waals surface area contributed by atoms with E-state index in [1.54, 1.807) is 12.1 Å². The lowest BCUT2D eigenvalue weighted by Gasteiger charge is -2.16. The summed E-state index contributed by atoms with van der Waals surface area (Å²) in [6.45, 7) is -0.156. The lowest BCUT2D eigenvalue weighted by Crippen LogP contribution is -2.32. The minimum absolute atomic E-state index is 0.156. The summed E-state index contributed by atoms with van der Waals surface area (Å²) >= 11 is 1.32. The molecule has 1 atom stereocenters. The normalized spacial score (nSPS) is 11.9. The summed E-state index contributed by atoms with van der Waals surface area (Å²) in [6, 6.07) is 14.9. The molecule has 0 saturated carbocycles. The Bertz CT molecular complexity index is 575. The highest BCUT2D eigenvalue weighted by Crippen LogP contribution is 2.18. The second-order valence-electron chi connectivity index (χ2n) is 4.46. The predicted molar refractivity (Wildman–Crippen MR) is 81.5 cm³/mol. The van der Waals surface area contributed by atoms with Crippen LogP contribution in [0.4, 0.5) is 4.39 Å². The Balaban J connectivity index is 1.87. The topological polar surface area (TPSA) is 49.3 Å². The van der Waals surface area contributed by atoms with Crippen molar-refractivity contribution in [3.05, 3.63) is 66.0 Å². The van der Waals surface area contributed by atoms with Crippen LogP contribution in [0.5, 0.6) is 0 Å². The number of thioether (sulfide) groups is 1. The Hall–Kier alpha value is -1.85. The van der Waals surface area contributed by atoms with Gasteiger partial charge in [0.25, 0.3) is 0 Å². The molecule has 21 heavy (non-hydrogen) atoms. The molecule has 0 radical (unpaired) electrons. The number of amides is 1. The summed E-state index contributed by atoms with van der Waals surface area (Å²) in [5.74, 6) is -0.255. The number of hydrogen-bond donors (Lipinski definition) is 2. The second kappa shape index (κ2) is 7.81. The van der Waals surface area contributed by atoms with Gasteiger partial charge < -0.3 is 10.4 Å². The third-order valence-corrected chi connectivity index (χ3v) is 3.92. The number of benzene rings is 2. The fourth-order valence-corrected chi connectivity index (χ4v) is 2.55. The third-order valence-electron chi connectivity index (χ3n) is 2.90. The van der Waals surface area contributed by atoms with E-state index in [1.807, 2.05) is 30.3 Å². The molecule has 0 heterocycles. The number of carbonyl (C=O) groups is 1. The number of nitrogens with one attached hydrogen (secondary N) is 1. The molecular formula is C16H16FNO2S. The predicted octanol–water partition coefficient (Wildman–Crippen LogP) is 2.77. The molecule has 2 rings (SSSR count). The van der Waals surface area contributed by atoms with Crippen molar-refractivity contribution in [1.29, 1.82) is 0 Å². The molecule has 2 aromatic carbocycles. The molecule has 0 spiro atoms. The fraction of sp³-hybridized carbons (Fsp3) is 0.188. The van der Waals surface area contributed by atoms with E-state index >= 15 is 0 Å². The Kier molecular flexibility index (Phi) is 5.78. The second-order valence-corrected chi connectivity index (χ2v) is 5.50. The van der Waals surface area contributed by atoms with Crippen LogP contribution in [0, 0.1) is 5.82 Å². The van der Waals surface area contributed by atoms with Gasteiger partial charge in [-0.2, -0.15) is 0 Å². The zero-order valence-corrected chi connectivity index (χ0v) is 12.1. The van der Waals surface area contributed by atoms with Crippen molar-refractivity contribution < 1.29 is 14.3 Å². The molecule has 0 unspecified atom stereocenters. The summed E-state index contributed by atoms with van der Waals surface area (Å²) in [6.07, 6.45) is 0. The molecule has 1 amide bonds. The van der Waals surface area contributed by atoms with Gasteiger partial charge in [0.2, 0.25) is 5.91 Å². The average Bonchev–Trinajstić information content (AvgIpc) is 2.53. The molecule has 0 fully saturated rings. The summed E-state index contributed by atoms with van der Waals surface area (Å²) in [7, 11) is 0. The van der Waals surface area contributed by atoms with Gasteiger partial charge in [0.05, 0.1) is 18.4 Å². The van der Waals surface area contributed by atoms with Gasteiger partial charge in [-0.3, -0.25) is 4.79 Å². The van der Waals surface area contributed by atoms with Crippen LogP contribution in [0.15, 0.2) is 59.5 Å². The van der Waals surface area contributed by atoms with E-state index in [0.29, 0.717) is 0 Å². The molecule has 0 aliphatic carbocycles. The quantitative estimate of drug-likeness (QED) is 0.807. The summed E-state index contributed by atoms with van der Waals surface area (Å²) in [4.78, 5) is 12.7. The smallest absolute Gasteiger partial charge is 0.230 e. The van der Waals surface area contributed by atoms with Gasteiger partial charge >= 0.3 is 0 Å². The van der Waals surface area contributed by atoms with Gasteiger partial charge in [-0.1, -0.05) is 30.3 Å². The van der Waals surface area contributed by atoms with E-state index < -0.39 is 6.04 Å². The summed E-state index contributed by atoms with van der Waals surface area (Å²) < 4.78 is 12.8. The first-order chi connectivity index (χ1) is 10.2. The SMILES string of the molecule is O=C(CSc1ccc(F)cc1)N[C@H](CO)c1ccccc1. The van der Waals surface area contributed by atoms with Gasteiger partial charge in [-0.25, -0.2) is 4.39 Å². The molecule has 110 valence electrons. The van der Waals surface area contributed by atoms with Gasteiger partial charge in [0.1, 0.15) is 5.82 Å². The number of carbonyl (C=O) groups excluding carboxylic acids is 1. The van der Waals surface area contributed by atoms with Crippen molar-refractivity contribution in [2.45, 2.75) is 10.9 Å². The molecule has 2 N–H and O–H groups in total. The highest BCUT2D eigenvalue weighted by Gasteiger charge is 2.13. The number of halogens is 1. The maximum absolute atomic E-state index is 12.8. The monoisotopic (exact) mass is 305 g/mol. The van der Waals surface area contributed by atoms with E-state index in [0.717, 1.165) is 10.5 Å². The molecule has 2 aromatic rings. The summed E-state index contributed by atoms with van der Waals surface area (Å²) in [5, 5.41) is 12.2. The number of aliphatic hydroxyl groups excluding tert-OH is 1. The molecule has 0 aliphatic rings. The fourth-order valence-electron chi connectivity index (χ4n) is 1.84. The van der Waals surface area contributed by atoms with Crippen LogP contribution < -0.4 is 5.32 Å². The molecular weight excluding hydrogens is 289 g/mol. The highest BCUT2D eigenvalue weighted by atomic mass is 32.2. The standard InChI is InChI=1S/C16H16FNO2S/c17-13-6-8-14(9-7-13)21-11-16(20)18-15(10-19)12-4-2-1-3-5-12/h1-9,15,19H,10-11H2,(H,18,20)/t15-/m1/s1. The maximum atomic E-state index is 12.8. The van der Waals surface area contributed by atoms with Gasteiger partial charge in [-0.15, -0.1) is 11.8 Å². The molecule has 0 saturated heterocycles. The zero-order valence-electron chi connectivity index (χ0n) is 11.3. The lowest BCUT2D eigenvalue weighted by molar-refractivity contribution is -0.119. The number of rotatable bonds is 6. The van der Waals surface area contributed by atoms with Crippen molar-refractivity contribution >= 4 is 17.7 Å². The van der Waals surface area contributed by atoms with Crippen molar-refractivity contribution in [2.24, 2.45) is 0 Å². The largest absolute Gasteiger partial charge is 0.394 e.